The quantitative estimate of drug-likeness (QED) is 0.708. The van der Waals surface area contributed by atoms with Crippen molar-refractivity contribution in [2.24, 2.45) is 0 Å². The summed E-state index contributed by atoms with van der Waals surface area (Å²) in [5.74, 6) is 0. The smallest absolute Gasteiger partial charge is 0.281 e. The summed E-state index contributed by atoms with van der Waals surface area (Å²) in [7, 11) is 0. The molecule has 2 aromatic heterocycles. The number of nitrogens with zero attached hydrogens (tertiary/aromatic N) is 2. The van der Waals surface area contributed by atoms with Crippen LogP contribution in [0.2, 0.25) is 0 Å². The molecule has 0 atom stereocenters. The Labute approximate surface area is 125 Å². The van der Waals surface area contributed by atoms with E-state index in [2.05, 4.69) is 41.8 Å². The van der Waals surface area contributed by atoms with E-state index >= 15 is 0 Å². The fraction of sp³-hybridized carbons (Fsp3) is 0.0833. The second-order valence-corrected chi connectivity index (χ2v) is 4.87. The average Bonchev–Trinajstić information content (AvgIpc) is 2.40. The average molecular weight is 394 g/mol. The molecule has 0 aliphatic rings. The lowest BCUT2D eigenvalue weighted by atomic mass is 10.4. The molecule has 0 radical (unpaired) electrons. The highest BCUT2D eigenvalue weighted by molar-refractivity contribution is 9.10. The molecular formula is C12H8Br2F2N2O. The molecule has 2 heterocycles. The van der Waals surface area contributed by atoms with Gasteiger partial charge in [0.05, 0.1) is 0 Å². The predicted molar refractivity (Wildman–Crippen MR) is 74.2 cm³/mol. The summed E-state index contributed by atoms with van der Waals surface area (Å²) in [6.07, 6.45) is 1.13. The molecule has 0 fully saturated rings. The van der Waals surface area contributed by atoms with Crippen molar-refractivity contribution in [3.8, 4) is 0 Å². The molecule has 7 heteroatoms. The topological polar surface area (TPSA) is 42.9 Å². The van der Waals surface area contributed by atoms with Crippen LogP contribution >= 0.6 is 31.9 Å². The summed E-state index contributed by atoms with van der Waals surface area (Å²) in [6.45, 7) is 0. The summed E-state index contributed by atoms with van der Waals surface area (Å²) >= 11 is 6.12. The third kappa shape index (κ3) is 5.12. The van der Waals surface area contributed by atoms with Gasteiger partial charge in [-0.1, -0.05) is 0 Å². The first kappa shape index (κ1) is 15.8. The number of hydrogen-bond donors (Lipinski definition) is 0. The maximum atomic E-state index is 11.9. The zero-order chi connectivity index (χ0) is 14.3. The van der Waals surface area contributed by atoms with Crippen molar-refractivity contribution in [3.05, 3.63) is 57.0 Å². The van der Waals surface area contributed by atoms with Gasteiger partial charge in [-0.2, -0.15) is 0 Å². The molecule has 3 nitrogen and oxygen atoms in total. The number of halogens is 4. The van der Waals surface area contributed by atoms with Crippen LogP contribution in [0.4, 0.5) is 8.78 Å². The predicted octanol–water partition coefficient (Wildman–Crippen LogP) is 4.44. The van der Waals surface area contributed by atoms with Gasteiger partial charge in [0.25, 0.3) is 6.43 Å². The van der Waals surface area contributed by atoms with Crippen molar-refractivity contribution < 1.29 is 13.6 Å². The van der Waals surface area contributed by atoms with E-state index < -0.39 is 6.43 Å². The third-order valence-electron chi connectivity index (χ3n) is 1.89. The number of aromatic nitrogens is 2. The summed E-state index contributed by atoms with van der Waals surface area (Å²) in [5.41, 5.74) is 0.236. The SMILES string of the molecule is FC(F)c1ncccc1Br.O=Cc1ncccc1Br. The first-order valence-electron chi connectivity index (χ1n) is 5.00. The molecule has 0 bridgehead atoms. The highest BCUT2D eigenvalue weighted by Gasteiger charge is 2.10. The second kappa shape index (κ2) is 8.06. The van der Waals surface area contributed by atoms with Crippen LogP contribution in [0.25, 0.3) is 0 Å². The molecule has 100 valence electrons. The van der Waals surface area contributed by atoms with Crippen molar-refractivity contribution >= 4 is 38.1 Å². The minimum atomic E-state index is -2.50. The van der Waals surface area contributed by atoms with Gasteiger partial charge in [0, 0.05) is 21.3 Å². The molecule has 0 amide bonds. The molecule has 0 aliphatic carbocycles. The first-order chi connectivity index (χ1) is 9.06. The van der Waals surface area contributed by atoms with Crippen LogP contribution in [0.1, 0.15) is 22.6 Å². The highest BCUT2D eigenvalue weighted by atomic mass is 79.9. The van der Waals surface area contributed by atoms with Crippen LogP contribution in [-0.4, -0.2) is 16.3 Å². The minimum Gasteiger partial charge on any atom is -0.296 e. The Balaban J connectivity index is 0.000000191. The van der Waals surface area contributed by atoms with E-state index in [4.69, 9.17) is 0 Å². The molecule has 0 saturated heterocycles. The summed E-state index contributed by atoms with van der Waals surface area (Å²) < 4.78 is 25.0. The van der Waals surface area contributed by atoms with E-state index in [0.717, 1.165) is 4.47 Å². The van der Waals surface area contributed by atoms with Gasteiger partial charge in [0.15, 0.2) is 6.29 Å². The molecule has 2 rings (SSSR count). The van der Waals surface area contributed by atoms with Crippen LogP contribution < -0.4 is 0 Å². The number of pyridine rings is 2. The van der Waals surface area contributed by atoms with E-state index in [9.17, 15) is 13.6 Å². The lowest BCUT2D eigenvalue weighted by Crippen LogP contribution is -1.89. The maximum Gasteiger partial charge on any atom is 0.281 e. The zero-order valence-corrected chi connectivity index (χ0v) is 12.6. The van der Waals surface area contributed by atoms with Crippen molar-refractivity contribution in [2.75, 3.05) is 0 Å². The van der Waals surface area contributed by atoms with Gasteiger partial charge in [0.1, 0.15) is 11.4 Å². The molecule has 2 aromatic rings. The summed E-state index contributed by atoms with van der Waals surface area (Å²) in [6, 6.07) is 6.66. The number of alkyl halides is 2. The van der Waals surface area contributed by atoms with Crippen LogP contribution in [-0.2, 0) is 0 Å². The molecule has 0 aliphatic heterocycles. The Morgan fingerprint density at radius 3 is 2.00 bits per heavy atom. The van der Waals surface area contributed by atoms with Crippen molar-refractivity contribution in [2.45, 2.75) is 6.43 Å². The largest absolute Gasteiger partial charge is 0.296 e. The number of carbonyl (C=O) groups excluding carboxylic acids is 1. The zero-order valence-electron chi connectivity index (χ0n) is 9.43. The van der Waals surface area contributed by atoms with E-state index in [1.165, 1.54) is 12.3 Å². The Hall–Kier alpha value is -1.21. The van der Waals surface area contributed by atoms with Crippen molar-refractivity contribution in [1.29, 1.82) is 0 Å². The third-order valence-corrected chi connectivity index (χ3v) is 3.23. The maximum absolute atomic E-state index is 11.9. The van der Waals surface area contributed by atoms with Gasteiger partial charge in [-0.05, 0) is 56.1 Å². The highest BCUT2D eigenvalue weighted by Crippen LogP contribution is 2.23. The van der Waals surface area contributed by atoms with Crippen LogP contribution in [0.5, 0.6) is 0 Å². The monoisotopic (exact) mass is 392 g/mol. The minimum absolute atomic E-state index is 0.206. The van der Waals surface area contributed by atoms with Crippen LogP contribution in [0, 0.1) is 0 Å². The number of hydrogen-bond acceptors (Lipinski definition) is 3. The first-order valence-corrected chi connectivity index (χ1v) is 6.59. The van der Waals surface area contributed by atoms with Gasteiger partial charge in [0.2, 0.25) is 0 Å². The molecule has 0 saturated carbocycles. The Kier molecular flexibility index (Phi) is 6.72. The van der Waals surface area contributed by atoms with Crippen LogP contribution in [0.3, 0.4) is 0 Å². The number of rotatable bonds is 2. The van der Waals surface area contributed by atoms with E-state index in [1.807, 2.05) is 0 Å². The number of carbonyl (C=O) groups is 1. The lowest BCUT2D eigenvalue weighted by molar-refractivity contribution is 0.111. The van der Waals surface area contributed by atoms with E-state index in [0.29, 0.717) is 16.5 Å². The Morgan fingerprint density at radius 1 is 1.05 bits per heavy atom. The van der Waals surface area contributed by atoms with Gasteiger partial charge in [-0.15, -0.1) is 0 Å². The van der Waals surface area contributed by atoms with Crippen molar-refractivity contribution in [3.63, 3.8) is 0 Å². The molecule has 0 N–H and O–H groups in total. The van der Waals surface area contributed by atoms with Crippen LogP contribution in [0.15, 0.2) is 45.6 Å². The van der Waals surface area contributed by atoms with Gasteiger partial charge in [-0.3, -0.25) is 14.8 Å². The summed E-state index contributed by atoms with van der Waals surface area (Å²) in [5, 5.41) is 0. The van der Waals surface area contributed by atoms with Crippen molar-refractivity contribution in [1.82, 2.24) is 9.97 Å². The molecule has 0 spiro atoms. The summed E-state index contributed by atoms with van der Waals surface area (Å²) in [4.78, 5) is 17.4. The van der Waals surface area contributed by atoms with Gasteiger partial charge < -0.3 is 0 Å². The van der Waals surface area contributed by atoms with E-state index in [1.54, 1.807) is 24.4 Å². The molecular weight excluding hydrogens is 386 g/mol. The Morgan fingerprint density at radius 2 is 1.63 bits per heavy atom. The fourth-order valence-electron chi connectivity index (χ4n) is 1.04. The Bertz CT molecular complexity index is 553. The van der Waals surface area contributed by atoms with Gasteiger partial charge >= 0.3 is 0 Å². The van der Waals surface area contributed by atoms with E-state index in [-0.39, 0.29) is 5.69 Å². The standard InChI is InChI=1S/C6H4BrF2N.C6H4BrNO/c7-4-2-1-3-10-5(4)6(8)9;7-5-2-1-3-8-6(5)4-9/h1-3,6H;1-4H. The number of aldehydes is 1. The molecule has 0 aromatic carbocycles. The second-order valence-electron chi connectivity index (χ2n) is 3.16. The van der Waals surface area contributed by atoms with Gasteiger partial charge in [-0.25, -0.2) is 8.78 Å². The lowest BCUT2D eigenvalue weighted by Gasteiger charge is -1.98. The normalized spacial score (nSPS) is 9.74. The molecule has 19 heavy (non-hydrogen) atoms. The fourth-order valence-corrected chi connectivity index (χ4v) is 1.82. The molecule has 0 unspecified atom stereocenters.